The Balaban J connectivity index is 1.94. The maximum Gasteiger partial charge on any atom is 0.110 e. The number of hydrogen-bond donors (Lipinski definition) is 1. The van der Waals surface area contributed by atoms with Gasteiger partial charge in [0.25, 0.3) is 0 Å². The quantitative estimate of drug-likeness (QED) is 0.774. The summed E-state index contributed by atoms with van der Waals surface area (Å²) in [6.45, 7) is 7.12. The van der Waals surface area contributed by atoms with Crippen molar-refractivity contribution in [3.05, 3.63) is 17.2 Å². The topological polar surface area (TPSA) is 28.7 Å². The van der Waals surface area contributed by atoms with Crippen molar-refractivity contribution in [2.45, 2.75) is 71.1 Å². The monoisotopic (exact) mass is 232 g/mol. The average molecular weight is 232 g/mol. The van der Waals surface area contributed by atoms with Gasteiger partial charge in [-0.05, 0) is 37.5 Å². The Morgan fingerprint density at radius 2 is 2.06 bits per heavy atom. The summed E-state index contributed by atoms with van der Waals surface area (Å²) in [5, 5.41) is 0. The Morgan fingerprint density at radius 3 is 2.71 bits per heavy atom. The standard InChI is InChI=1S/C15H24N2/c1-10-6-4-8-12-13(10)17-14(16-12)11-7-5-9-15(11,2)3/h10-11H,4-9H2,1-3H3,(H,16,17). The lowest BCUT2D eigenvalue weighted by Crippen LogP contribution is -2.16. The summed E-state index contributed by atoms with van der Waals surface area (Å²) in [5.74, 6) is 2.60. The van der Waals surface area contributed by atoms with Gasteiger partial charge in [-0.1, -0.05) is 27.2 Å². The molecule has 94 valence electrons. The van der Waals surface area contributed by atoms with Crippen molar-refractivity contribution < 1.29 is 0 Å². The van der Waals surface area contributed by atoms with Crippen molar-refractivity contribution in [1.82, 2.24) is 9.97 Å². The first-order valence-corrected chi connectivity index (χ1v) is 7.16. The van der Waals surface area contributed by atoms with Crippen molar-refractivity contribution in [3.8, 4) is 0 Å². The molecule has 1 saturated carbocycles. The fraction of sp³-hybridized carbons (Fsp3) is 0.800. The molecule has 0 aromatic carbocycles. The van der Waals surface area contributed by atoms with Crippen LogP contribution >= 0.6 is 0 Å². The first-order chi connectivity index (χ1) is 8.08. The van der Waals surface area contributed by atoms with E-state index in [2.05, 4.69) is 25.8 Å². The smallest absolute Gasteiger partial charge is 0.110 e. The molecule has 0 spiro atoms. The second-order valence-corrected chi connectivity index (χ2v) is 6.71. The molecule has 17 heavy (non-hydrogen) atoms. The number of hydrogen-bond acceptors (Lipinski definition) is 1. The van der Waals surface area contributed by atoms with E-state index in [4.69, 9.17) is 4.98 Å². The zero-order valence-electron chi connectivity index (χ0n) is 11.3. The first-order valence-electron chi connectivity index (χ1n) is 7.16. The summed E-state index contributed by atoms with van der Waals surface area (Å²) >= 11 is 0. The lowest BCUT2D eigenvalue weighted by Gasteiger charge is -2.25. The molecule has 2 unspecified atom stereocenters. The number of imidazole rings is 1. The van der Waals surface area contributed by atoms with E-state index in [1.807, 2.05) is 0 Å². The lowest BCUT2D eigenvalue weighted by atomic mass is 9.81. The van der Waals surface area contributed by atoms with Crippen LogP contribution in [0.3, 0.4) is 0 Å². The molecule has 3 rings (SSSR count). The third-order valence-electron chi connectivity index (χ3n) is 4.95. The van der Waals surface area contributed by atoms with E-state index < -0.39 is 0 Å². The molecule has 1 fully saturated rings. The van der Waals surface area contributed by atoms with E-state index in [1.165, 1.54) is 55.7 Å². The summed E-state index contributed by atoms with van der Waals surface area (Å²) in [5.41, 5.74) is 3.24. The Morgan fingerprint density at radius 1 is 1.24 bits per heavy atom. The number of aromatic amines is 1. The molecule has 1 aromatic heterocycles. The predicted molar refractivity (Wildman–Crippen MR) is 70.3 cm³/mol. The summed E-state index contributed by atoms with van der Waals surface area (Å²) in [6.07, 6.45) is 7.86. The Hall–Kier alpha value is -0.790. The van der Waals surface area contributed by atoms with Crippen LogP contribution < -0.4 is 0 Å². The highest BCUT2D eigenvalue weighted by atomic mass is 15.0. The average Bonchev–Trinajstić information content (AvgIpc) is 2.81. The summed E-state index contributed by atoms with van der Waals surface area (Å²) in [7, 11) is 0. The molecule has 1 N–H and O–H groups in total. The highest BCUT2D eigenvalue weighted by Crippen LogP contribution is 2.48. The largest absolute Gasteiger partial charge is 0.345 e. The van der Waals surface area contributed by atoms with E-state index >= 15 is 0 Å². The van der Waals surface area contributed by atoms with Gasteiger partial charge in [-0.3, -0.25) is 0 Å². The van der Waals surface area contributed by atoms with Gasteiger partial charge in [0.05, 0.1) is 5.69 Å². The Bertz CT molecular complexity index is 417. The van der Waals surface area contributed by atoms with Gasteiger partial charge in [0.2, 0.25) is 0 Å². The van der Waals surface area contributed by atoms with Gasteiger partial charge < -0.3 is 4.98 Å². The van der Waals surface area contributed by atoms with Gasteiger partial charge >= 0.3 is 0 Å². The van der Waals surface area contributed by atoms with Gasteiger partial charge in [-0.2, -0.15) is 0 Å². The molecule has 0 saturated heterocycles. The van der Waals surface area contributed by atoms with Gasteiger partial charge in [0, 0.05) is 17.5 Å². The molecular formula is C15H24N2. The summed E-state index contributed by atoms with van der Waals surface area (Å²) in [4.78, 5) is 8.60. The number of H-pyrrole nitrogens is 1. The maximum atomic E-state index is 4.95. The Labute approximate surface area is 104 Å². The lowest BCUT2D eigenvalue weighted by molar-refractivity contribution is 0.323. The van der Waals surface area contributed by atoms with Gasteiger partial charge in [-0.15, -0.1) is 0 Å². The Kier molecular flexibility index (Phi) is 2.57. The minimum Gasteiger partial charge on any atom is -0.345 e. The zero-order chi connectivity index (χ0) is 12.0. The van der Waals surface area contributed by atoms with Crippen LogP contribution in [-0.4, -0.2) is 9.97 Å². The molecule has 0 amide bonds. The minimum absolute atomic E-state index is 0.434. The molecule has 2 aliphatic rings. The fourth-order valence-corrected chi connectivity index (χ4v) is 3.76. The molecule has 2 heteroatoms. The maximum absolute atomic E-state index is 4.95. The van der Waals surface area contributed by atoms with Crippen LogP contribution in [0.15, 0.2) is 0 Å². The van der Waals surface area contributed by atoms with E-state index in [0.29, 0.717) is 17.3 Å². The van der Waals surface area contributed by atoms with Crippen molar-refractivity contribution in [1.29, 1.82) is 0 Å². The normalized spacial score (nSPS) is 31.5. The fourth-order valence-electron chi connectivity index (χ4n) is 3.76. The highest BCUT2D eigenvalue weighted by Gasteiger charge is 2.38. The molecule has 0 radical (unpaired) electrons. The zero-order valence-corrected chi connectivity index (χ0v) is 11.3. The van der Waals surface area contributed by atoms with Crippen molar-refractivity contribution >= 4 is 0 Å². The second kappa shape index (κ2) is 3.86. The van der Waals surface area contributed by atoms with Crippen LogP contribution in [0, 0.1) is 5.41 Å². The number of fused-ring (bicyclic) bond motifs is 1. The van der Waals surface area contributed by atoms with E-state index in [1.54, 1.807) is 0 Å². The molecule has 2 aliphatic carbocycles. The van der Waals surface area contributed by atoms with Crippen LogP contribution in [-0.2, 0) is 6.42 Å². The van der Waals surface area contributed by atoms with Crippen LogP contribution in [0.1, 0.15) is 81.9 Å². The van der Waals surface area contributed by atoms with Crippen LogP contribution in [0.5, 0.6) is 0 Å². The molecular weight excluding hydrogens is 208 g/mol. The van der Waals surface area contributed by atoms with E-state index in [9.17, 15) is 0 Å². The van der Waals surface area contributed by atoms with Crippen molar-refractivity contribution in [2.75, 3.05) is 0 Å². The molecule has 2 atom stereocenters. The number of aromatic nitrogens is 2. The van der Waals surface area contributed by atoms with Gasteiger partial charge in [-0.25, -0.2) is 4.98 Å². The van der Waals surface area contributed by atoms with Crippen molar-refractivity contribution in [2.24, 2.45) is 5.41 Å². The number of rotatable bonds is 1. The van der Waals surface area contributed by atoms with Gasteiger partial charge in [0.1, 0.15) is 5.82 Å². The SMILES string of the molecule is CC1CCCc2[nH]c(C3CCCC3(C)C)nc21. The van der Waals surface area contributed by atoms with E-state index in [0.717, 1.165) is 0 Å². The third-order valence-corrected chi connectivity index (χ3v) is 4.95. The van der Waals surface area contributed by atoms with Crippen LogP contribution in [0.25, 0.3) is 0 Å². The number of aryl methyl sites for hydroxylation is 1. The molecule has 0 bridgehead atoms. The van der Waals surface area contributed by atoms with Crippen LogP contribution in [0.2, 0.25) is 0 Å². The second-order valence-electron chi connectivity index (χ2n) is 6.71. The minimum atomic E-state index is 0.434. The molecule has 0 aliphatic heterocycles. The molecule has 2 nitrogen and oxygen atoms in total. The number of nitrogens with one attached hydrogen (secondary N) is 1. The molecule has 1 aromatic rings. The summed E-state index contributed by atoms with van der Waals surface area (Å²) in [6, 6.07) is 0. The predicted octanol–water partition coefficient (Wildman–Crippen LogP) is 4.14. The van der Waals surface area contributed by atoms with Gasteiger partial charge in [0.15, 0.2) is 0 Å². The third kappa shape index (κ3) is 1.82. The summed E-state index contributed by atoms with van der Waals surface area (Å²) < 4.78 is 0. The highest BCUT2D eigenvalue weighted by molar-refractivity contribution is 5.24. The van der Waals surface area contributed by atoms with Crippen LogP contribution in [0.4, 0.5) is 0 Å². The number of nitrogens with zero attached hydrogens (tertiary/aromatic N) is 1. The van der Waals surface area contributed by atoms with E-state index in [-0.39, 0.29) is 0 Å². The molecule has 1 heterocycles. The first kappa shape index (κ1) is 11.3. The van der Waals surface area contributed by atoms with Crippen molar-refractivity contribution in [3.63, 3.8) is 0 Å².